The minimum absolute atomic E-state index is 0.0817. The van der Waals surface area contributed by atoms with Gasteiger partial charge < -0.3 is 14.6 Å². The lowest BCUT2D eigenvalue weighted by Gasteiger charge is -2.11. The fraction of sp³-hybridized carbons (Fsp3) is 0.111. The number of ether oxygens (including phenoxy) is 1. The van der Waals surface area contributed by atoms with Crippen molar-refractivity contribution in [3.05, 3.63) is 68.9 Å². The number of pyridine rings is 1. The monoisotopic (exact) mass is 386 g/mol. The minimum Gasteiger partial charge on any atom is -0.497 e. The van der Waals surface area contributed by atoms with Gasteiger partial charge in [-0.15, -0.1) is 0 Å². The molecule has 1 heterocycles. The molecule has 3 rings (SSSR count). The highest BCUT2D eigenvalue weighted by atomic mass is 79.9. The summed E-state index contributed by atoms with van der Waals surface area (Å²) in [5, 5.41) is 3.19. The highest BCUT2D eigenvalue weighted by Crippen LogP contribution is 2.19. The third-order valence-electron chi connectivity index (χ3n) is 3.72. The van der Waals surface area contributed by atoms with Crippen molar-refractivity contribution >= 4 is 38.4 Å². The maximum absolute atomic E-state index is 12.7. The summed E-state index contributed by atoms with van der Waals surface area (Å²) in [6, 6.07) is 12.4. The molecule has 0 aliphatic rings. The normalized spacial score (nSPS) is 10.6. The molecule has 1 amide bonds. The molecule has 0 atom stereocenters. The Kier molecular flexibility index (Phi) is 4.40. The zero-order valence-corrected chi connectivity index (χ0v) is 14.8. The van der Waals surface area contributed by atoms with Crippen LogP contribution in [0.15, 0.2) is 57.9 Å². The number of aromatic nitrogens is 1. The maximum atomic E-state index is 12.7. The number of hydrogen-bond acceptors (Lipinski definition) is 3. The quantitative estimate of drug-likeness (QED) is 0.748. The van der Waals surface area contributed by atoms with E-state index in [4.69, 9.17) is 4.74 Å². The van der Waals surface area contributed by atoms with Crippen molar-refractivity contribution in [2.24, 2.45) is 7.05 Å². The van der Waals surface area contributed by atoms with Gasteiger partial charge >= 0.3 is 0 Å². The average Bonchev–Trinajstić information content (AvgIpc) is 2.57. The van der Waals surface area contributed by atoms with E-state index in [0.29, 0.717) is 16.8 Å². The lowest BCUT2D eigenvalue weighted by Crippen LogP contribution is -2.23. The Morgan fingerprint density at radius 1 is 1.21 bits per heavy atom. The molecule has 2 aromatic carbocycles. The van der Waals surface area contributed by atoms with Crippen molar-refractivity contribution in [1.82, 2.24) is 4.57 Å². The molecule has 5 nitrogen and oxygen atoms in total. The van der Waals surface area contributed by atoms with Crippen LogP contribution in [0, 0.1) is 0 Å². The number of hydrogen-bond donors (Lipinski definition) is 1. The zero-order chi connectivity index (χ0) is 17.3. The van der Waals surface area contributed by atoms with Gasteiger partial charge in [-0.25, -0.2) is 0 Å². The Morgan fingerprint density at radius 3 is 2.71 bits per heavy atom. The number of anilines is 1. The van der Waals surface area contributed by atoms with E-state index in [1.165, 1.54) is 7.11 Å². The lowest BCUT2D eigenvalue weighted by molar-refractivity contribution is 0.102. The fourth-order valence-corrected chi connectivity index (χ4v) is 2.92. The van der Waals surface area contributed by atoms with Crippen LogP contribution in [0.2, 0.25) is 0 Å². The van der Waals surface area contributed by atoms with E-state index in [1.807, 2.05) is 12.1 Å². The van der Waals surface area contributed by atoms with Gasteiger partial charge in [0.15, 0.2) is 0 Å². The van der Waals surface area contributed by atoms with Crippen LogP contribution in [-0.2, 0) is 7.05 Å². The number of nitrogens with zero attached hydrogens (tertiary/aromatic N) is 1. The third kappa shape index (κ3) is 3.05. The predicted octanol–water partition coefficient (Wildman–Crippen LogP) is 3.56. The van der Waals surface area contributed by atoms with E-state index < -0.39 is 5.91 Å². The SMILES string of the molecule is COc1ccc2c(c1)c(=O)c(C(=O)Nc1cccc(Br)c1)cn2C. The summed E-state index contributed by atoms with van der Waals surface area (Å²) in [5.74, 6) is 0.127. The van der Waals surface area contributed by atoms with Gasteiger partial charge in [0, 0.05) is 23.4 Å². The van der Waals surface area contributed by atoms with E-state index in [2.05, 4.69) is 21.2 Å². The minimum atomic E-state index is -0.446. The van der Waals surface area contributed by atoms with Crippen LogP contribution >= 0.6 is 15.9 Å². The summed E-state index contributed by atoms with van der Waals surface area (Å²) < 4.78 is 7.77. The fourth-order valence-electron chi connectivity index (χ4n) is 2.52. The van der Waals surface area contributed by atoms with E-state index in [1.54, 1.807) is 48.1 Å². The average molecular weight is 387 g/mol. The molecule has 0 radical (unpaired) electrons. The summed E-state index contributed by atoms with van der Waals surface area (Å²) in [5.41, 5.74) is 1.11. The van der Waals surface area contributed by atoms with Crippen LogP contribution in [0.1, 0.15) is 10.4 Å². The molecular formula is C18H15BrN2O3. The molecule has 6 heteroatoms. The van der Waals surface area contributed by atoms with E-state index in [-0.39, 0.29) is 11.0 Å². The number of carbonyl (C=O) groups is 1. The molecule has 3 aromatic rings. The molecule has 0 aliphatic carbocycles. The molecule has 0 saturated heterocycles. The molecule has 0 fully saturated rings. The number of nitrogens with one attached hydrogen (secondary N) is 1. The van der Waals surface area contributed by atoms with Gasteiger partial charge in [0.05, 0.1) is 18.0 Å². The lowest BCUT2D eigenvalue weighted by atomic mass is 10.1. The summed E-state index contributed by atoms with van der Waals surface area (Å²) in [7, 11) is 3.33. The van der Waals surface area contributed by atoms with Crippen molar-refractivity contribution in [2.75, 3.05) is 12.4 Å². The summed E-state index contributed by atoms with van der Waals surface area (Å²) in [6.45, 7) is 0. The molecule has 0 aliphatic heterocycles. The van der Waals surface area contributed by atoms with Gasteiger partial charge in [-0.05, 0) is 36.4 Å². The Balaban J connectivity index is 2.07. The number of rotatable bonds is 3. The zero-order valence-electron chi connectivity index (χ0n) is 13.2. The largest absolute Gasteiger partial charge is 0.497 e. The van der Waals surface area contributed by atoms with Gasteiger partial charge in [-0.1, -0.05) is 22.0 Å². The van der Waals surface area contributed by atoms with Gasteiger partial charge in [0.25, 0.3) is 5.91 Å². The first kappa shape index (κ1) is 16.3. The molecule has 1 aromatic heterocycles. The first-order valence-electron chi connectivity index (χ1n) is 7.24. The number of methoxy groups -OCH3 is 1. The van der Waals surface area contributed by atoms with E-state index in [9.17, 15) is 9.59 Å². The smallest absolute Gasteiger partial charge is 0.261 e. The number of benzene rings is 2. The molecule has 0 bridgehead atoms. The summed E-state index contributed by atoms with van der Waals surface area (Å²) >= 11 is 3.35. The topological polar surface area (TPSA) is 60.3 Å². The third-order valence-corrected chi connectivity index (χ3v) is 4.22. The molecule has 0 saturated carbocycles. The second-order valence-corrected chi connectivity index (χ2v) is 6.25. The van der Waals surface area contributed by atoms with E-state index >= 15 is 0 Å². The van der Waals surface area contributed by atoms with Crippen molar-refractivity contribution in [3.63, 3.8) is 0 Å². The predicted molar refractivity (Wildman–Crippen MR) is 97.8 cm³/mol. The second-order valence-electron chi connectivity index (χ2n) is 5.33. The molecule has 0 unspecified atom stereocenters. The van der Waals surface area contributed by atoms with Gasteiger partial charge in [-0.2, -0.15) is 0 Å². The summed E-state index contributed by atoms with van der Waals surface area (Å²) in [4.78, 5) is 25.2. The Hall–Kier alpha value is -2.60. The van der Waals surface area contributed by atoms with Crippen LogP contribution in [0.25, 0.3) is 10.9 Å². The number of aryl methyl sites for hydroxylation is 1. The Morgan fingerprint density at radius 2 is 2.00 bits per heavy atom. The molecule has 24 heavy (non-hydrogen) atoms. The number of fused-ring (bicyclic) bond motifs is 1. The Labute approximate surface area is 147 Å². The van der Waals surface area contributed by atoms with Crippen molar-refractivity contribution in [3.8, 4) is 5.75 Å². The number of carbonyl (C=O) groups excluding carboxylic acids is 1. The number of amides is 1. The van der Waals surface area contributed by atoms with Crippen molar-refractivity contribution in [2.45, 2.75) is 0 Å². The maximum Gasteiger partial charge on any atom is 0.261 e. The van der Waals surface area contributed by atoms with Crippen LogP contribution in [0.5, 0.6) is 5.75 Å². The van der Waals surface area contributed by atoms with Crippen LogP contribution < -0.4 is 15.5 Å². The molecular weight excluding hydrogens is 372 g/mol. The molecule has 0 spiro atoms. The molecule has 122 valence electrons. The van der Waals surface area contributed by atoms with Gasteiger partial charge in [0.2, 0.25) is 5.43 Å². The highest BCUT2D eigenvalue weighted by Gasteiger charge is 2.15. The van der Waals surface area contributed by atoms with Gasteiger partial charge in [0.1, 0.15) is 11.3 Å². The van der Waals surface area contributed by atoms with Gasteiger partial charge in [-0.3, -0.25) is 9.59 Å². The Bertz CT molecular complexity index is 995. The first-order valence-corrected chi connectivity index (χ1v) is 8.03. The van der Waals surface area contributed by atoms with Crippen molar-refractivity contribution in [1.29, 1.82) is 0 Å². The highest BCUT2D eigenvalue weighted by molar-refractivity contribution is 9.10. The van der Waals surface area contributed by atoms with Crippen LogP contribution in [-0.4, -0.2) is 17.6 Å². The second kappa shape index (κ2) is 6.49. The standard InChI is InChI=1S/C18H15BrN2O3/c1-21-10-15(18(23)20-12-5-3-4-11(19)8-12)17(22)14-9-13(24-2)6-7-16(14)21/h3-10H,1-2H3,(H,20,23). The van der Waals surface area contributed by atoms with Crippen LogP contribution in [0.4, 0.5) is 5.69 Å². The molecule has 1 N–H and O–H groups in total. The van der Waals surface area contributed by atoms with Crippen LogP contribution in [0.3, 0.4) is 0 Å². The van der Waals surface area contributed by atoms with E-state index in [0.717, 1.165) is 9.99 Å². The number of halogens is 1. The van der Waals surface area contributed by atoms with Crippen molar-refractivity contribution < 1.29 is 9.53 Å². The first-order chi connectivity index (χ1) is 11.5. The summed E-state index contributed by atoms with van der Waals surface area (Å²) in [6.07, 6.45) is 1.55.